The number of amides is 2. The van der Waals surface area contributed by atoms with Crippen LogP contribution in [0.1, 0.15) is 11.1 Å². The van der Waals surface area contributed by atoms with Gasteiger partial charge in [0.1, 0.15) is 0 Å². The van der Waals surface area contributed by atoms with Gasteiger partial charge in [-0.05, 0) is 47.6 Å². The number of hydrogen-bond acceptors (Lipinski definition) is 3. The van der Waals surface area contributed by atoms with Gasteiger partial charge in [0.05, 0.1) is 10.2 Å². The highest BCUT2D eigenvalue weighted by molar-refractivity contribution is 7.22. The number of urea groups is 1. The minimum absolute atomic E-state index is 0.275. The summed E-state index contributed by atoms with van der Waals surface area (Å²) in [6.07, 6.45) is 2.19. The molecule has 0 fully saturated rings. The smallest absolute Gasteiger partial charge is 0.308 e. The molecular formula is C20H15N3OS. The SMILES string of the molecule is O=C(Nc1ccccc1)Nc1nc2c(cc3c4c(cccc42)CC3)s1. The number of nitrogens with zero attached hydrogens (tertiary/aromatic N) is 1. The van der Waals surface area contributed by atoms with Gasteiger partial charge in [0.25, 0.3) is 0 Å². The minimum atomic E-state index is -0.275. The van der Waals surface area contributed by atoms with Crippen LogP contribution in [-0.2, 0) is 12.8 Å². The number of carbonyl (C=O) groups is 1. The van der Waals surface area contributed by atoms with Crippen LogP contribution in [0.3, 0.4) is 0 Å². The number of nitrogens with one attached hydrogen (secondary N) is 2. The van der Waals surface area contributed by atoms with Gasteiger partial charge in [-0.2, -0.15) is 0 Å². The molecule has 2 amide bonds. The second kappa shape index (κ2) is 5.57. The fourth-order valence-corrected chi connectivity index (χ4v) is 4.48. The molecule has 2 N–H and O–H groups in total. The normalized spacial score (nSPS) is 12.6. The van der Waals surface area contributed by atoms with Crippen LogP contribution in [0.5, 0.6) is 0 Å². The Kier molecular flexibility index (Phi) is 3.21. The average Bonchev–Trinajstić information content (AvgIpc) is 3.21. The predicted molar refractivity (Wildman–Crippen MR) is 104 cm³/mol. The van der Waals surface area contributed by atoms with Crippen LogP contribution >= 0.6 is 11.3 Å². The molecule has 0 saturated carbocycles. The highest BCUT2D eigenvalue weighted by atomic mass is 32.1. The van der Waals surface area contributed by atoms with Crippen LogP contribution in [0.15, 0.2) is 54.6 Å². The zero-order valence-corrected chi connectivity index (χ0v) is 14.2. The summed E-state index contributed by atoms with van der Waals surface area (Å²) in [6.45, 7) is 0. The van der Waals surface area contributed by atoms with Gasteiger partial charge in [-0.3, -0.25) is 5.32 Å². The zero-order valence-electron chi connectivity index (χ0n) is 13.4. The quantitative estimate of drug-likeness (QED) is 0.525. The molecule has 1 aliphatic carbocycles. The molecule has 1 aromatic heterocycles. The third-order valence-electron chi connectivity index (χ3n) is 4.60. The molecule has 0 spiro atoms. The number of hydrogen-bond donors (Lipinski definition) is 2. The largest absolute Gasteiger partial charge is 0.325 e. The Balaban J connectivity index is 1.50. The topological polar surface area (TPSA) is 54.0 Å². The number of rotatable bonds is 2. The van der Waals surface area contributed by atoms with E-state index in [4.69, 9.17) is 0 Å². The van der Waals surface area contributed by atoms with Crippen LogP contribution in [0, 0.1) is 0 Å². The first-order chi connectivity index (χ1) is 12.3. The third-order valence-corrected chi connectivity index (χ3v) is 5.52. The van der Waals surface area contributed by atoms with Gasteiger partial charge < -0.3 is 5.32 Å². The molecule has 0 bridgehead atoms. The molecule has 5 heteroatoms. The maximum Gasteiger partial charge on any atom is 0.325 e. The number of aromatic nitrogens is 1. The summed E-state index contributed by atoms with van der Waals surface area (Å²) in [7, 11) is 0. The van der Waals surface area contributed by atoms with E-state index in [1.807, 2.05) is 30.3 Å². The van der Waals surface area contributed by atoms with E-state index in [2.05, 4.69) is 39.9 Å². The molecule has 4 nitrogen and oxygen atoms in total. The summed E-state index contributed by atoms with van der Waals surface area (Å²) < 4.78 is 1.12. The molecule has 0 radical (unpaired) electrons. The van der Waals surface area contributed by atoms with Crippen LogP contribution in [0.2, 0.25) is 0 Å². The van der Waals surface area contributed by atoms with Crippen molar-refractivity contribution in [2.45, 2.75) is 12.8 Å². The lowest BCUT2D eigenvalue weighted by Crippen LogP contribution is -2.19. The molecule has 0 unspecified atom stereocenters. The summed E-state index contributed by atoms with van der Waals surface area (Å²) in [6, 6.07) is 17.8. The van der Waals surface area contributed by atoms with Gasteiger partial charge in [-0.15, -0.1) is 0 Å². The number of para-hydroxylation sites is 1. The van der Waals surface area contributed by atoms with Gasteiger partial charge in [0.2, 0.25) is 0 Å². The maximum absolute atomic E-state index is 12.2. The summed E-state index contributed by atoms with van der Waals surface area (Å²) in [5.41, 5.74) is 4.52. The van der Waals surface area contributed by atoms with E-state index in [1.165, 1.54) is 33.2 Å². The van der Waals surface area contributed by atoms with E-state index in [1.54, 1.807) is 0 Å². The van der Waals surface area contributed by atoms with Crippen LogP contribution in [0.25, 0.3) is 21.0 Å². The molecule has 1 heterocycles. The monoisotopic (exact) mass is 345 g/mol. The molecule has 0 atom stereocenters. The third kappa shape index (κ3) is 2.44. The first kappa shape index (κ1) is 14.4. The molecule has 3 aromatic carbocycles. The van der Waals surface area contributed by atoms with Gasteiger partial charge in [0.15, 0.2) is 5.13 Å². The molecule has 5 rings (SSSR count). The number of carbonyl (C=O) groups excluding carboxylic acids is 1. The van der Waals surface area contributed by atoms with E-state index in [0.29, 0.717) is 5.13 Å². The number of aryl methyl sites for hydroxylation is 2. The minimum Gasteiger partial charge on any atom is -0.308 e. The van der Waals surface area contributed by atoms with E-state index >= 15 is 0 Å². The van der Waals surface area contributed by atoms with Crippen molar-refractivity contribution in [3.8, 4) is 0 Å². The summed E-state index contributed by atoms with van der Waals surface area (Å²) in [5.74, 6) is 0. The predicted octanol–water partition coefficient (Wildman–Crippen LogP) is 5.19. The first-order valence-corrected chi connectivity index (χ1v) is 9.07. The maximum atomic E-state index is 12.2. The first-order valence-electron chi connectivity index (χ1n) is 8.25. The number of anilines is 2. The van der Waals surface area contributed by atoms with Crippen molar-refractivity contribution in [1.29, 1.82) is 0 Å². The Morgan fingerprint density at radius 3 is 2.68 bits per heavy atom. The van der Waals surface area contributed by atoms with Crippen molar-refractivity contribution in [1.82, 2.24) is 4.98 Å². The lowest BCUT2D eigenvalue weighted by atomic mass is 10.0. The molecule has 0 saturated heterocycles. The Labute approximate surface area is 148 Å². The summed E-state index contributed by atoms with van der Waals surface area (Å²) >= 11 is 1.52. The van der Waals surface area contributed by atoms with Crippen LogP contribution in [0.4, 0.5) is 15.6 Å². The summed E-state index contributed by atoms with van der Waals surface area (Å²) in [5, 5.41) is 8.83. The highest BCUT2D eigenvalue weighted by Gasteiger charge is 2.18. The summed E-state index contributed by atoms with van der Waals surface area (Å²) in [4.78, 5) is 16.9. The van der Waals surface area contributed by atoms with Gasteiger partial charge in [-0.25, -0.2) is 9.78 Å². The Hall–Kier alpha value is -2.92. The highest BCUT2D eigenvalue weighted by Crippen LogP contribution is 2.38. The molecule has 4 aromatic rings. The fourth-order valence-electron chi connectivity index (χ4n) is 3.54. The van der Waals surface area contributed by atoms with Crippen molar-refractivity contribution in [2.24, 2.45) is 0 Å². The second-order valence-electron chi connectivity index (χ2n) is 6.19. The lowest BCUT2D eigenvalue weighted by Gasteiger charge is -2.04. The van der Waals surface area contributed by atoms with Crippen molar-refractivity contribution >= 4 is 49.2 Å². The van der Waals surface area contributed by atoms with Crippen molar-refractivity contribution in [3.63, 3.8) is 0 Å². The van der Waals surface area contributed by atoms with Gasteiger partial charge in [0, 0.05) is 11.1 Å². The molecule has 122 valence electrons. The number of thiazole rings is 1. The zero-order chi connectivity index (χ0) is 16.8. The lowest BCUT2D eigenvalue weighted by molar-refractivity contribution is 0.262. The van der Waals surface area contributed by atoms with Crippen molar-refractivity contribution < 1.29 is 4.79 Å². The van der Waals surface area contributed by atoms with E-state index in [-0.39, 0.29) is 6.03 Å². The Morgan fingerprint density at radius 1 is 0.960 bits per heavy atom. The second-order valence-corrected chi connectivity index (χ2v) is 7.22. The van der Waals surface area contributed by atoms with Crippen LogP contribution < -0.4 is 10.6 Å². The van der Waals surface area contributed by atoms with Gasteiger partial charge >= 0.3 is 6.03 Å². The molecule has 25 heavy (non-hydrogen) atoms. The van der Waals surface area contributed by atoms with Gasteiger partial charge in [-0.1, -0.05) is 47.7 Å². The van der Waals surface area contributed by atoms with E-state index in [9.17, 15) is 4.79 Å². The Morgan fingerprint density at radius 2 is 1.80 bits per heavy atom. The number of fused-ring (bicyclic) bond motifs is 2. The van der Waals surface area contributed by atoms with Crippen molar-refractivity contribution in [2.75, 3.05) is 10.6 Å². The Bertz CT molecular complexity index is 1120. The molecule has 0 aliphatic heterocycles. The average molecular weight is 345 g/mol. The molecular weight excluding hydrogens is 330 g/mol. The van der Waals surface area contributed by atoms with E-state index in [0.717, 1.165) is 28.7 Å². The van der Waals surface area contributed by atoms with E-state index < -0.39 is 0 Å². The number of benzene rings is 3. The fraction of sp³-hybridized carbons (Fsp3) is 0.100. The molecule has 1 aliphatic rings. The van der Waals surface area contributed by atoms with Crippen LogP contribution in [-0.4, -0.2) is 11.0 Å². The standard InChI is InChI=1S/C20H15N3OS/c24-19(21-14-6-2-1-3-7-14)23-20-22-18-15-8-4-5-12-9-10-13(17(12)15)11-16(18)25-20/h1-8,11H,9-10H2,(H2,21,22,23,24). The van der Waals surface area contributed by atoms with Crippen molar-refractivity contribution in [3.05, 3.63) is 65.7 Å².